The van der Waals surface area contributed by atoms with Crippen LogP contribution in [0.2, 0.25) is 0 Å². The highest BCUT2D eigenvalue weighted by Gasteiger charge is 2.19. The lowest BCUT2D eigenvalue weighted by molar-refractivity contribution is 0.0992. The van der Waals surface area contributed by atoms with E-state index in [1.807, 2.05) is 42.6 Å². The van der Waals surface area contributed by atoms with Gasteiger partial charge in [-0.15, -0.1) is 0 Å². The highest BCUT2D eigenvalue weighted by molar-refractivity contribution is 6.06. The first-order valence-electron chi connectivity index (χ1n) is 8.44. The van der Waals surface area contributed by atoms with Gasteiger partial charge in [-0.05, 0) is 24.7 Å². The quantitative estimate of drug-likeness (QED) is 0.866. The van der Waals surface area contributed by atoms with Gasteiger partial charge in [0.2, 0.25) is 0 Å². The summed E-state index contributed by atoms with van der Waals surface area (Å²) in [5.74, 6) is -0.0391. The van der Waals surface area contributed by atoms with Gasteiger partial charge in [-0.1, -0.05) is 25.1 Å². The predicted molar refractivity (Wildman–Crippen MR) is 97.7 cm³/mol. The summed E-state index contributed by atoms with van der Waals surface area (Å²) in [6.07, 6.45) is 3.49. The average molecular weight is 324 g/mol. The molecule has 24 heavy (non-hydrogen) atoms. The van der Waals surface area contributed by atoms with Crippen molar-refractivity contribution in [3.8, 4) is 0 Å². The molecule has 1 saturated heterocycles. The van der Waals surface area contributed by atoms with Gasteiger partial charge in [-0.2, -0.15) is 0 Å². The molecule has 0 aliphatic carbocycles. The summed E-state index contributed by atoms with van der Waals surface area (Å²) in [7, 11) is 1.80. The lowest BCUT2D eigenvalue weighted by Gasteiger charge is -2.35. The molecule has 1 aromatic carbocycles. The first kappa shape index (κ1) is 16.5. The van der Waals surface area contributed by atoms with Crippen LogP contribution in [0.5, 0.6) is 0 Å². The molecular weight excluding hydrogens is 300 g/mol. The van der Waals surface area contributed by atoms with Crippen LogP contribution in [-0.2, 0) is 0 Å². The fourth-order valence-corrected chi connectivity index (χ4v) is 3.00. The molecule has 2 aromatic rings. The summed E-state index contributed by atoms with van der Waals surface area (Å²) < 4.78 is 0. The molecule has 0 N–H and O–H groups in total. The van der Waals surface area contributed by atoms with Crippen molar-refractivity contribution in [3.63, 3.8) is 0 Å². The average Bonchev–Trinajstić information content (AvgIpc) is 2.67. The van der Waals surface area contributed by atoms with Crippen molar-refractivity contribution in [2.24, 2.45) is 0 Å². The Morgan fingerprint density at radius 2 is 1.83 bits per heavy atom. The number of carbonyl (C=O) groups is 1. The highest BCUT2D eigenvalue weighted by Crippen LogP contribution is 2.20. The lowest BCUT2D eigenvalue weighted by Crippen LogP contribution is -2.46. The zero-order valence-electron chi connectivity index (χ0n) is 14.4. The van der Waals surface area contributed by atoms with Gasteiger partial charge in [0.1, 0.15) is 0 Å². The molecule has 0 unspecified atom stereocenters. The third-order valence-electron chi connectivity index (χ3n) is 4.60. The molecule has 1 aliphatic heterocycles. The van der Waals surface area contributed by atoms with E-state index in [9.17, 15) is 4.79 Å². The zero-order valence-corrected chi connectivity index (χ0v) is 14.4. The van der Waals surface area contributed by atoms with E-state index in [4.69, 9.17) is 0 Å². The summed E-state index contributed by atoms with van der Waals surface area (Å²) in [6, 6.07) is 11.6. The van der Waals surface area contributed by atoms with E-state index in [-0.39, 0.29) is 5.91 Å². The molecule has 0 bridgehead atoms. The molecule has 1 aromatic heterocycles. The summed E-state index contributed by atoms with van der Waals surface area (Å²) in [5, 5.41) is 0. The molecule has 0 atom stereocenters. The van der Waals surface area contributed by atoms with Crippen molar-refractivity contribution in [2.45, 2.75) is 6.92 Å². The number of likely N-dealkylation sites (N-methyl/N-ethyl adjacent to an activating group) is 1. The maximum Gasteiger partial charge on any atom is 0.259 e. The van der Waals surface area contributed by atoms with Crippen LogP contribution in [0.4, 0.5) is 11.4 Å². The van der Waals surface area contributed by atoms with Gasteiger partial charge < -0.3 is 14.7 Å². The maximum absolute atomic E-state index is 12.7. The Bertz CT molecular complexity index is 681. The molecule has 0 radical (unpaired) electrons. The monoisotopic (exact) mass is 324 g/mol. The number of hydrogen-bond donors (Lipinski definition) is 0. The van der Waals surface area contributed by atoms with Gasteiger partial charge in [0.25, 0.3) is 5.91 Å². The smallest absolute Gasteiger partial charge is 0.259 e. The summed E-state index contributed by atoms with van der Waals surface area (Å²) >= 11 is 0. The third kappa shape index (κ3) is 3.57. The van der Waals surface area contributed by atoms with E-state index in [1.165, 1.54) is 0 Å². The van der Waals surface area contributed by atoms with E-state index < -0.39 is 0 Å². The van der Waals surface area contributed by atoms with E-state index >= 15 is 0 Å². The SMILES string of the molecule is CCN1CCN(c2cncc(C(=O)N(C)c3ccccc3)c2)CC1. The Labute approximate surface area is 143 Å². The molecular formula is C19H24N4O. The first-order valence-corrected chi connectivity index (χ1v) is 8.44. The molecule has 0 spiro atoms. The largest absolute Gasteiger partial charge is 0.368 e. The second kappa shape index (κ2) is 7.45. The number of rotatable bonds is 4. The minimum Gasteiger partial charge on any atom is -0.368 e. The van der Waals surface area contributed by atoms with E-state index in [0.29, 0.717) is 5.56 Å². The summed E-state index contributed by atoms with van der Waals surface area (Å²) in [4.78, 5) is 23.4. The lowest BCUT2D eigenvalue weighted by atomic mass is 10.2. The molecule has 1 fully saturated rings. The number of amides is 1. The van der Waals surface area contributed by atoms with Crippen LogP contribution in [0.1, 0.15) is 17.3 Å². The number of anilines is 2. The van der Waals surface area contributed by atoms with Crippen LogP contribution in [0, 0.1) is 0 Å². The van der Waals surface area contributed by atoms with Gasteiger partial charge in [0.15, 0.2) is 0 Å². The molecule has 0 saturated carbocycles. The highest BCUT2D eigenvalue weighted by atomic mass is 16.2. The Morgan fingerprint density at radius 1 is 1.12 bits per heavy atom. The fraction of sp³-hybridized carbons (Fsp3) is 0.368. The summed E-state index contributed by atoms with van der Waals surface area (Å²) in [5.41, 5.74) is 2.53. The van der Waals surface area contributed by atoms with Gasteiger partial charge in [-0.25, -0.2) is 0 Å². The van der Waals surface area contributed by atoms with Crippen LogP contribution in [0.25, 0.3) is 0 Å². The second-order valence-corrected chi connectivity index (χ2v) is 6.05. The van der Waals surface area contributed by atoms with Crippen LogP contribution >= 0.6 is 0 Å². The number of aromatic nitrogens is 1. The minimum atomic E-state index is -0.0391. The molecule has 126 valence electrons. The van der Waals surface area contributed by atoms with Crippen LogP contribution in [0.15, 0.2) is 48.8 Å². The van der Waals surface area contributed by atoms with Gasteiger partial charge in [0, 0.05) is 45.1 Å². The number of para-hydroxylation sites is 1. The Kier molecular flexibility index (Phi) is 5.11. The second-order valence-electron chi connectivity index (χ2n) is 6.05. The molecule has 3 rings (SSSR count). The van der Waals surface area contributed by atoms with Crippen molar-refractivity contribution >= 4 is 17.3 Å². The van der Waals surface area contributed by atoms with E-state index in [2.05, 4.69) is 21.7 Å². The van der Waals surface area contributed by atoms with E-state index in [1.54, 1.807) is 18.1 Å². The van der Waals surface area contributed by atoms with Crippen LogP contribution in [-0.4, -0.2) is 55.6 Å². The Balaban J connectivity index is 1.74. The van der Waals surface area contributed by atoms with Crippen LogP contribution < -0.4 is 9.80 Å². The molecule has 1 amide bonds. The van der Waals surface area contributed by atoms with E-state index in [0.717, 1.165) is 44.1 Å². The number of hydrogen-bond acceptors (Lipinski definition) is 4. The number of piperazine rings is 1. The summed E-state index contributed by atoms with van der Waals surface area (Å²) in [6.45, 7) is 7.34. The number of nitrogens with zero attached hydrogens (tertiary/aromatic N) is 4. The maximum atomic E-state index is 12.7. The zero-order chi connectivity index (χ0) is 16.9. The van der Waals surface area contributed by atoms with Crippen molar-refractivity contribution in [1.29, 1.82) is 0 Å². The van der Waals surface area contributed by atoms with Gasteiger partial charge in [0.05, 0.1) is 17.4 Å². The number of benzene rings is 1. The fourth-order valence-electron chi connectivity index (χ4n) is 3.00. The number of carbonyl (C=O) groups excluding carboxylic acids is 1. The van der Waals surface area contributed by atoms with Crippen molar-refractivity contribution in [1.82, 2.24) is 9.88 Å². The molecule has 5 nitrogen and oxygen atoms in total. The number of pyridine rings is 1. The van der Waals surface area contributed by atoms with Crippen LogP contribution in [0.3, 0.4) is 0 Å². The third-order valence-corrected chi connectivity index (χ3v) is 4.60. The topological polar surface area (TPSA) is 39.7 Å². The minimum absolute atomic E-state index is 0.0391. The predicted octanol–water partition coefficient (Wildman–Crippen LogP) is 2.50. The van der Waals surface area contributed by atoms with Gasteiger partial charge >= 0.3 is 0 Å². The standard InChI is InChI=1S/C19H24N4O/c1-3-22-9-11-23(12-10-22)18-13-16(14-20-15-18)19(24)21(2)17-7-5-4-6-8-17/h4-8,13-15H,3,9-12H2,1-2H3. The first-order chi connectivity index (χ1) is 11.7. The molecule has 1 aliphatic rings. The normalized spacial score (nSPS) is 15.3. The Morgan fingerprint density at radius 3 is 2.50 bits per heavy atom. The van der Waals surface area contributed by atoms with Crippen molar-refractivity contribution < 1.29 is 4.79 Å². The Hall–Kier alpha value is -2.40. The van der Waals surface area contributed by atoms with Gasteiger partial charge in [-0.3, -0.25) is 9.78 Å². The van der Waals surface area contributed by atoms with Crippen molar-refractivity contribution in [2.75, 3.05) is 49.6 Å². The molecule has 2 heterocycles. The van der Waals surface area contributed by atoms with Crippen molar-refractivity contribution in [3.05, 3.63) is 54.4 Å². The molecule has 5 heteroatoms.